The fourth-order valence-electron chi connectivity index (χ4n) is 4.12. The lowest BCUT2D eigenvalue weighted by atomic mass is 10.1. The molecule has 0 unspecified atom stereocenters. The van der Waals surface area contributed by atoms with Crippen molar-refractivity contribution in [3.63, 3.8) is 0 Å². The van der Waals surface area contributed by atoms with Crippen molar-refractivity contribution in [1.82, 2.24) is 10.2 Å². The van der Waals surface area contributed by atoms with Crippen LogP contribution in [0.1, 0.15) is 38.7 Å². The molecule has 3 aromatic rings. The third-order valence-electron chi connectivity index (χ3n) is 6.22. The largest absolute Gasteiger partial charge is 0.354 e. The second-order valence-electron chi connectivity index (χ2n) is 8.99. The van der Waals surface area contributed by atoms with E-state index in [4.69, 9.17) is 23.2 Å². The number of sulfonamides is 1. The fraction of sp³-hybridized carbons (Fsp3) is 0.310. The molecule has 3 rings (SSSR count). The summed E-state index contributed by atoms with van der Waals surface area (Å²) in [6.07, 6.45) is 2.04. The molecular formula is C29H33Cl2N3O4S. The molecule has 2 amide bonds. The molecule has 0 heterocycles. The van der Waals surface area contributed by atoms with Gasteiger partial charge in [0.2, 0.25) is 11.8 Å². The molecule has 1 N–H and O–H groups in total. The molecular weight excluding hydrogens is 557 g/mol. The molecule has 0 spiro atoms. The minimum atomic E-state index is -4.15. The van der Waals surface area contributed by atoms with E-state index in [1.165, 1.54) is 23.1 Å². The average molecular weight is 591 g/mol. The van der Waals surface area contributed by atoms with Crippen LogP contribution in [-0.4, -0.2) is 44.3 Å². The van der Waals surface area contributed by atoms with Crippen LogP contribution in [0.15, 0.2) is 83.8 Å². The van der Waals surface area contributed by atoms with Crippen LogP contribution in [0.4, 0.5) is 5.69 Å². The lowest BCUT2D eigenvalue weighted by molar-refractivity contribution is -0.140. The van der Waals surface area contributed by atoms with Crippen LogP contribution in [0.2, 0.25) is 10.0 Å². The molecule has 208 valence electrons. The minimum Gasteiger partial charge on any atom is -0.354 e. The molecule has 0 aromatic heterocycles. The standard InChI is InChI=1S/C29H33Cl2N3O4S/c1-3-5-18-32-29(36)27(4-2)33(20-22-12-9-10-17-26(22)31)28(35)21-34(24-14-11-13-23(30)19-24)39(37,38)25-15-7-6-8-16-25/h6-17,19,27H,3-5,18,20-21H2,1-2H3,(H,32,36)/t27-/m1/s1. The Bertz CT molecular complexity index is 1370. The smallest absolute Gasteiger partial charge is 0.264 e. The number of halogens is 2. The van der Waals surface area contributed by atoms with Crippen molar-refractivity contribution in [2.45, 2.75) is 50.6 Å². The maximum atomic E-state index is 14.0. The second kappa shape index (κ2) is 14.4. The molecule has 39 heavy (non-hydrogen) atoms. The number of nitrogens with one attached hydrogen (secondary N) is 1. The van der Waals surface area contributed by atoms with E-state index in [1.54, 1.807) is 60.7 Å². The van der Waals surface area contributed by atoms with Gasteiger partial charge in [0, 0.05) is 23.1 Å². The first-order chi connectivity index (χ1) is 18.7. The number of hydrogen-bond acceptors (Lipinski definition) is 4. The highest BCUT2D eigenvalue weighted by Crippen LogP contribution is 2.27. The van der Waals surface area contributed by atoms with Gasteiger partial charge in [-0.1, -0.05) is 85.9 Å². The van der Waals surface area contributed by atoms with Crippen molar-refractivity contribution in [2.24, 2.45) is 0 Å². The number of nitrogens with zero attached hydrogens (tertiary/aromatic N) is 2. The Hall–Kier alpha value is -3.07. The first kappa shape index (κ1) is 30.5. The monoisotopic (exact) mass is 589 g/mol. The molecule has 0 radical (unpaired) electrons. The van der Waals surface area contributed by atoms with Gasteiger partial charge >= 0.3 is 0 Å². The van der Waals surface area contributed by atoms with Crippen LogP contribution in [0.5, 0.6) is 0 Å². The van der Waals surface area contributed by atoms with Gasteiger partial charge < -0.3 is 10.2 Å². The molecule has 0 fully saturated rings. The van der Waals surface area contributed by atoms with Gasteiger partial charge in [0.15, 0.2) is 0 Å². The number of carbonyl (C=O) groups excluding carboxylic acids is 2. The number of rotatable bonds is 13. The summed E-state index contributed by atoms with van der Waals surface area (Å²) in [4.78, 5) is 28.6. The summed E-state index contributed by atoms with van der Waals surface area (Å²) >= 11 is 12.6. The van der Waals surface area contributed by atoms with Gasteiger partial charge in [0.1, 0.15) is 12.6 Å². The zero-order chi connectivity index (χ0) is 28.4. The average Bonchev–Trinajstić information content (AvgIpc) is 2.93. The van der Waals surface area contributed by atoms with Crippen molar-refractivity contribution >= 4 is 50.7 Å². The van der Waals surface area contributed by atoms with Gasteiger partial charge in [0.25, 0.3) is 10.0 Å². The van der Waals surface area contributed by atoms with Crippen LogP contribution >= 0.6 is 23.2 Å². The highest BCUT2D eigenvalue weighted by Gasteiger charge is 2.33. The van der Waals surface area contributed by atoms with E-state index < -0.39 is 28.5 Å². The van der Waals surface area contributed by atoms with Gasteiger partial charge in [-0.25, -0.2) is 8.42 Å². The lowest BCUT2D eigenvalue weighted by Gasteiger charge is -2.33. The third-order valence-corrected chi connectivity index (χ3v) is 8.61. The minimum absolute atomic E-state index is 0.0276. The molecule has 7 nitrogen and oxygen atoms in total. The summed E-state index contributed by atoms with van der Waals surface area (Å²) in [6.45, 7) is 3.81. The number of unbranched alkanes of at least 4 members (excludes halogenated alkanes) is 1. The van der Waals surface area contributed by atoms with Gasteiger partial charge in [0.05, 0.1) is 10.6 Å². The molecule has 0 aliphatic heterocycles. The van der Waals surface area contributed by atoms with Crippen LogP contribution < -0.4 is 9.62 Å². The highest BCUT2D eigenvalue weighted by atomic mass is 35.5. The topological polar surface area (TPSA) is 86.8 Å². The molecule has 0 bridgehead atoms. The predicted octanol–water partition coefficient (Wildman–Crippen LogP) is 5.91. The summed E-state index contributed by atoms with van der Waals surface area (Å²) in [6, 6.07) is 20.4. The summed E-state index contributed by atoms with van der Waals surface area (Å²) in [5, 5.41) is 3.67. The van der Waals surface area contributed by atoms with E-state index in [1.807, 2.05) is 13.8 Å². The predicted molar refractivity (Wildman–Crippen MR) is 156 cm³/mol. The Labute approximate surface area is 240 Å². The Morgan fingerprint density at radius 1 is 0.923 bits per heavy atom. The van der Waals surface area contributed by atoms with Gasteiger partial charge in [-0.2, -0.15) is 0 Å². The van der Waals surface area contributed by atoms with E-state index in [-0.39, 0.29) is 23.0 Å². The van der Waals surface area contributed by atoms with E-state index in [2.05, 4.69) is 5.32 Å². The zero-order valence-electron chi connectivity index (χ0n) is 22.0. The van der Waals surface area contributed by atoms with Crippen molar-refractivity contribution in [1.29, 1.82) is 0 Å². The van der Waals surface area contributed by atoms with Crippen molar-refractivity contribution in [3.8, 4) is 0 Å². The van der Waals surface area contributed by atoms with E-state index >= 15 is 0 Å². The Morgan fingerprint density at radius 3 is 2.26 bits per heavy atom. The first-order valence-electron chi connectivity index (χ1n) is 12.8. The van der Waals surface area contributed by atoms with Gasteiger partial charge in [-0.3, -0.25) is 13.9 Å². The summed E-state index contributed by atoms with van der Waals surface area (Å²) in [5.41, 5.74) is 0.880. The van der Waals surface area contributed by atoms with E-state index in [0.717, 1.165) is 17.1 Å². The van der Waals surface area contributed by atoms with Crippen LogP contribution in [0, 0.1) is 0 Å². The maximum absolute atomic E-state index is 14.0. The van der Waals surface area contributed by atoms with Crippen LogP contribution in [-0.2, 0) is 26.2 Å². The Kier molecular flexibility index (Phi) is 11.2. The first-order valence-corrected chi connectivity index (χ1v) is 15.0. The highest BCUT2D eigenvalue weighted by molar-refractivity contribution is 7.92. The maximum Gasteiger partial charge on any atom is 0.264 e. The number of carbonyl (C=O) groups is 2. The number of hydrogen-bond donors (Lipinski definition) is 1. The molecule has 0 aliphatic carbocycles. The molecule has 0 saturated heterocycles. The zero-order valence-corrected chi connectivity index (χ0v) is 24.3. The quantitative estimate of drug-likeness (QED) is 0.251. The summed E-state index contributed by atoms with van der Waals surface area (Å²) < 4.78 is 28.6. The number of amides is 2. The van der Waals surface area contributed by atoms with E-state index in [9.17, 15) is 18.0 Å². The van der Waals surface area contributed by atoms with Crippen LogP contribution in [0.25, 0.3) is 0 Å². The van der Waals surface area contributed by atoms with Crippen molar-refractivity contribution < 1.29 is 18.0 Å². The molecule has 0 saturated carbocycles. The van der Waals surface area contributed by atoms with Crippen LogP contribution in [0.3, 0.4) is 0 Å². The van der Waals surface area contributed by atoms with Gasteiger partial charge in [-0.15, -0.1) is 0 Å². The Balaban J connectivity index is 2.03. The number of benzene rings is 3. The molecule has 0 aliphatic rings. The van der Waals surface area contributed by atoms with Crippen molar-refractivity contribution in [3.05, 3.63) is 94.5 Å². The third kappa shape index (κ3) is 7.97. The second-order valence-corrected chi connectivity index (χ2v) is 11.7. The molecule has 10 heteroatoms. The molecule has 1 atom stereocenters. The molecule has 3 aromatic carbocycles. The van der Waals surface area contributed by atoms with Gasteiger partial charge in [-0.05, 0) is 54.8 Å². The lowest BCUT2D eigenvalue weighted by Crippen LogP contribution is -2.52. The fourth-order valence-corrected chi connectivity index (χ4v) is 5.92. The number of anilines is 1. The summed E-state index contributed by atoms with van der Waals surface area (Å²) in [7, 11) is -4.15. The van der Waals surface area contributed by atoms with E-state index in [0.29, 0.717) is 28.6 Å². The summed E-state index contributed by atoms with van der Waals surface area (Å²) in [5.74, 6) is -0.849. The SMILES string of the molecule is CCCCNC(=O)[C@@H](CC)N(Cc1ccccc1Cl)C(=O)CN(c1cccc(Cl)c1)S(=O)(=O)c1ccccc1. The van der Waals surface area contributed by atoms with Crippen molar-refractivity contribution in [2.75, 3.05) is 17.4 Å². The normalized spacial score (nSPS) is 12.0. The Morgan fingerprint density at radius 2 is 1.62 bits per heavy atom.